The van der Waals surface area contributed by atoms with Crippen molar-refractivity contribution in [1.29, 1.82) is 0 Å². The second-order valence-corrected chi connectivity index (χ2v) is 8.72. The van der Waals surface area contributed by atoms with Crippen LogP contribution in [-0.4, -0.2) is 26.4 Å². The predicted molar refractivity (Wildman–Crippen MR) is 132 cm³/mol. The Labute approximate surface area is 199 Å². The van der Waals surface area contributed by atoms with Gasteiger partial charge in [-0.1, -0.05) is 71.9 Å². The first-order chi connectivity index (χ1) is 16.2. The first kappa shape index (κ1) is 21.3. The second kappa shape index (κ2) is 9.52. The van der Waals surface area contributed by atoms with Crippen LogP contribution in [0.2, 0.25) is 5.02 Å². The standard InChI is InChI=1S/C25H19ClN4O2S/c26-19-9-3-8-18(14-19)24-28-29-25(30(24)15-20-10-5-13-32-20)33-16-23(31)27-22-12-4-7-17-6-1-2-11-21(17)22/h1-14H,15-16H2,(H,27,31). The number of benzene rings is 3. The van der Waals surface area contributed by atoms with Crippen molar-refractivity contribution >= 4 is 45.7 Å². The Balaban J connectivity index is 1.37. The molecule has 0 bridgehead atoms. The highest BCUT2D eigenvalue weighted by molar-refractivity contribution is 7.99. The van der Waals surface area contributed by atoms with E-state index in [1.54, 1.807) is 6.26 Å². The van der Waals surface area contributed by atoms with Gasteiger partial charge < -0.3 is 9.73 Å². The number of nitrogens with zero attached hydrogens (tertiary/aromatic N) is 3. The monoisotopic (exact) mass is 474 g/mol. The minimum Gasteiger partial charge on any atom is -0.467 e. The van der Waals surface area contributed by atoms with Crippen LogP contribution < -0.4 is 5.32 Å². The molecular formula is C25H19ClN4O2S. The van der Waals surface area contributed by atoms with E-state index in [1.807, 2.05) is 83.4 Å². The number of amides is 1. The van der Waals surface area contributed by atoms with Crippen molar-refractivity contribution in [2.24, 2.45) is 0 Å². The molecule has 8 heteroatoms. The lowest BCUT2D eigenvalue weighted by atomic mass is 10.1. The van der Waals surface area contributed by atoms with Gasteiger partial charge in [0, 0.05) is 21.7 Å². The molecule has 1 amide bonds. The molecule has 0 radical (unpaired) electrons. The van der Waals surface area contributed by atoms with Gasteiger partial charge in [0.15, 0.2) is 11.0 Å². The number of hydrogen-bond acceptors (Lipinski definition) is 5. The summed E-state index contributed by atoms with van der Waals surface area (Å²) in [5, 5.41) is 15.0. The summed E-state index contributed by atoms with van der Waals surface area (Å²) in [6.45, 7) is 0.440. The molecule has 0 aliphatic carbocycles. The molecule has 6 nitrogen and oxygen atoms in total. The lowest BCUT2D eigenvalue weighted by Crippen LogP contribution is -2.15. The highest BCUT2D eigenvalue weighted by Crippen LogP contribution is 2.28. The Hall–Kier alpha value is -3.55. The third-order valence-corrected chi connectivity index (χ3v) is 6.29. The maximum atomic E-state index is 12.8. The minimum atomic E-state index is -0.117. The number of aromatic nitrogens is 3. The molecule has 0 saturated heterocycles. The molecule has 5 aromatic rings. The van der Waals surface area contributed by atoms with Gasteiger partial charge >= 0.3 is 0 Å². The number of rotatable bonds is 7. The van der Waals surface area contributed by atoms with E-state index in [2.05, 4.69) is 15.5 Å². The zero-order valence-corrected chi connectivity index (χ0v) is 19.0. The summed E-state index contributed by atoms with van der Waals surface area (Å²) in [5.74, 6) is 1.49. The second-order valence-electron chi connectivity index (χ2n) is 7.35. The molecule has 5 rings (SSSR count). The van der Waals surface area contributed by atoms with Gasteiger partial charge in [-0.2, -0.15) is 0 Å². The highest BCUT2D eigenvalue weighted by Gasteiger charge is 2.17. The van der Waals surface area contributed by atoms with Crippen molar-refractivity contribution in [3.8, 4) is 11.4 Å². The van der Waals surface area contributed by atoms with E-state index in [9.17, 15) is 4.79 Å². The summed E-state index contributed by atoms with van der Waals surface area (Å²) >= 11 is 7.51. The van der Waals surface area contributed by atoms with Gasteiger partial charge in [-0.15, -0.1) is 10.2 Å². The quantitative estimate of drug-likeness (QED) is 0.287. The molecule has 2 heterocycles. The predicted octanol–water partition coefficient (Wildman–Crippen LogP) is 6.12. The average Bonchev–Trinajstić information content (AvgIpc) is 3.48. The molecular weight excluding hydrogens is 456 g/mol. The number of hydrogen-bond donors (Lipinski definition) is 1. The van der Waals surface area contributed by atoms with Crippen molar-refractivity contribution in [2.75, 3.05) is 11.1 Å². The third kappa shape index (κ3) is 4.79. The Morgan fingerprint density at radius 3 is 2.70 bits per heavy atom. The number of carbonyl (C=O) groups is 1. The molecule has 2 aromatic heterocycles. The lowest BCUT2D eigenvalue weighted by Gasteiger charge is -2.10. The molecule has 164 valence electrons. The van der Waals surface area contributed by atoms with Crippen LogP contribution >= 0.6 is 23.4 Å². The van der Waals surface area contributed by atoms with E-state index in [4.69, 9.17) is 16.0 Å². The van der Waals surface area contributed by atoms with Crippen LogP contribution in [0.5, 0.6) is 0 Å². The molecule has 0 atom stereocenters. The summed E-state index contributed by atoms with van der Waals surface area (Å²) in [7, 11) is 0. The smallest absolute Gasteiger partial charge is 0.234 e. The number of fused-ring (bicyclic) bond motifs is 1. The fourth-order valence-electron chi connectivity index (χ4n) is 3.59. The van der Waals surface area contributed by atoms with Gasteiger partial charge in [0.05, 0.1) is 18.6 Å². The van der Waals surface area contributed by atoms with E-state index in [0.717, 1.165) is 27.8 Å². The molecule has 0 aliphatic heterocycles. The van der Waals surface area contributed by atoms with E-state index < -0.39 is 0 Å². The zero-order valence-electron chi connectivity index (χ0n) is 17.4. The maximum Gasteiger partial charge on any atom is 0.234 e. The van der Waals surface area contributed by atoms with Crippen LogP contribution in [0, 0.1) is 0 Å². The van der Waals surface area contributed by atoms with Crippen LogP contribution in [0.4, 0.5) is 5.69 Å². The topological polar surface area (TPSA) is 73.0 Å². The molecule has 3 aromatic carbocycles. The van der Waals surface area contributed by atoms with E-state index in [-0.39, 0.29) is 11.7 Å². The molecule has 1 N–H and O–H groups in total. The van der Waals surface area contributed by atoms with Crippen molar-refractivity contribution in [2.45, 2.75) is 11.7 Å². The molecule has 0 fully saturated rings. The van der Waals surface area contributed by atoms with Gasteiger partial charge in [0.25, 0.3) is 0 Å². The van der Waals surface area contributed by atoms with Gasteiger partial charge in [-0.25, -0.2) is 0 Å². The summed E-state index contributed by atoms with van der Waals surface area (Å²) < 4.78 is 7.46. The van der Waals surface area contributed by atoms with Gasteiger partial charge in [0.2, 0.25) is 5.91 Å². The number of halogens is 1. The summed E-state index contributed by atoms with van der Waals surface area (Å²) in [6, 6.07) is 25.0. The third-order valence-electron chi connectivity index (χ3n) is 5.09. The number of thioether (sulfide) groups is 1. The van der Waals surface area contributed by atoms with Gasteiger partial charge in [-0.05, 0) is 35.7 Å². The number of carbonyl (C=O) groups excluding carboxylic acids is 1. The molecule has 33 heavy (non-hydrogen) atoms. The normalized spacial score (nSPS) is 11.1. The van der Waals surface area contributed by atoms with Crippen LogP contribution in [-0.2, 0) is 11.3 Å². The number of nitrogens with one attached hydrogen (secondary N) is 1. The minimum absolute atomic E-state index is 0.117. The molecule has 0 unspecified atom stereocenters. The molecule has 0 aliphatic rings. The fraction of sp³-hybridized carbons (Fsp3) is 0.0800. The Bertz CT molecular complexity index is 1410. The zero-order chi connectivity index (χ0) is 22.6. The van der Waals surface area contributed by atoms with E-state index >= 15 is 0 Å². The molecule has 0 saturated carbocycles. The first-order valence-corrected chi connectivity index (χ1v) is 11.7. The molecule has 0 spiro atoms. The van der Waals surface area contributed by atoms with Crippen molar-refractivity contribution in [3.05, 3.63) is 95.9 Å². The van der Waals surface area contributed by atoms with Crippen molar-refractivity contribution in [3.63, 3.8) is 0 Å². The van der Waals surface area contributed by atoms with Crippen LogP contribution in [0.3, 0.4) is 0 Å². The summed E-state index contributed by atoms with van der Waals surface area (Å²) in [5.41, 5.74) is 1.63. The van der Waals surface area contributed by atoms with Crippen molar-refractivity contribution in [1.82, 2.24) is 14.8 Å². The maximum absolute atomic E-state index is 12.8. The van der Waals surface area contributed by atoms with Gasteiger partial charge in [-0.3, -0.25) is 9.36 Å². The Morgan fingerprint density at radius 1 is 1.00 bits per heavy atom. The van der Waals surface area contributed by atoms with E-state index in [1.165, 1.54) is 11.8 Å². The van der Waals surface area contributed by atoms with Gasteiger partial charge in [0.1, 0.15) is 5.76 Å². The first-order valence-electron chi connectivity index (χ1n) is 10.3. The van der Waals surface area contributed by atoms with Crippen LogP contribution in [0.15, 0.2) is 94.7 Å². The Morgan fingerprint density at radius 2 is 1.85 bits per heavy atom. The van der Waals surface area contributed by atoms with Crippen LogP contribution in [0.1, 0.15) is 5.76 Å². The van der Waals surface area contributed by atoms with Crippen molar-refractivity contribution < 1.29 is 9.21 Å². The fourth-order valence-corrected chi connectivity index (χ4v) is 4.52. The number of furan rings is 1. The summed E-state index contributed by atoms with van der Waals surface area (Å²) in [4.78, 5) is 12.8. The largest absolute Gasteiger partial charge is 0.467 e. The number of anilines is 1. The highest BCUT2D eigenvalue weighted by atomic mass is 35.5. The summed E-state index contributed by atoms with van der Waals surface area (Å²) in [6.07, 6.45) is 1.63. The Kier molecular flexibility index (Phi) is 6.15. The lowest BCUT2D eigenvalue weighted by molar-refractivity contribution is -0.113. The van der Waals surface area contributed by atoms with Crippen LogP contribution in [0.25, 0.3) is 22.2 Å². The van der Waals surface area contributed by atoms with E-state index in [0.29, 0.717) is 22.5 Å². The SMILES string of the molecule is O=C(CSc1nnc(-c2cccc(Cl)c2)n1Cc1ccco1)Nc1cccc2ccccc12. The average molecular weight is 475 g/mol.